The summed E-state index contributed by atoms with van der Waals surface area (Å²) < 4.78 is 1.55. The van der Waals surface area contributed by atoms with Gasteiger partial charge in [0.05, 0.1) is 5.78 Å². The summed E-state index contributed by atoms with van der Waals surface area (Å²) in [6.07, 6.45) is 7.60. The van der Waals surface area contributed by atoms with Crippen molar-refractivity contribution in [2.24, 2.45) is 0 Å². The van der Waals surface area contributed by atoms with Crippen LogP contribution in [-0.4, -0.2) is 19.6 Å². The summed E-state index contributed by atoms with van der Waals surface area (Å²) in [6.45, 7) is 6.27. The molecule has 0 aliphatic carbocycles. The molecule has 3 rings (SSSR count). The van der Waals surface area contributed by atoms with Crippen LogP contribution < -0.4 is 0 Å². The van der Waals surface area contributed by atoms with Crippen LogP contribution in [0.5, 0.6) is 0 Å². The molecule has 0 aliphatic heterocycles. The minimum Gasteiger partial charge on any atom is -0.423 e. The molecule has 0 fully saturated rings. The van der Waals surface area contributed by atoms with Gasteiger partial charge in [-0.05, 0) is 6.92 Å². The summed E-state index contributed by atoms with van der Waals surface area (Å²) in [7, 11) is 0. The molecule has 0 aliphatic rings. The zero-order valence-electron chi connectivity index (χ0n) is 11.7. The quantitative estimate of drug-likeness (QED) is 0.575. The summed E-state index contributed by atoms with van der Waals surface area (Å²) in [5, 5.41) is 4.05. The molecule has 0 saturated heterocycles. The van der Waals surface area contributed by atoms with E-state index in [2.05, 4.69) is 60.4 Å². The summed E-state index contributed by atoms with van der Waals surface area (Å²) in [6, 6.07) is 4.30. The fraction of sp³-hybridized carbons (Fsp3) is 0.214. The predicted molar refractivity (Wildman–Crippen MR) is 68.1 cm³/mol. The maximum absolute atomic E-state index is 4.16. The molecule has 1 aromatic carbocycles. The van der Waals surface area contributed by atoms with Gasteiger partial charge >= 0.3 is 0 Å². The molecule has 0 saturated carbocycles. The molecular weight excluding hydrogens is 402 g/mol. The average molecular weight is 414 g/mol. The monoisotopic (exact) mass is 414 g/mol. The minimum atomic E-state index is 0. The molecule has 20 heavy (non-hydrogen) atoms. The van der Waals surface area contributed by atoms with E-state index in [1.165, 1.54) is 23.0 Å². The van der Waals surface area contributed by atoms with Crippen LogP contribution in [0.4, 0.5) is 0 Å². The Bertz CT molecular complexity index is 714. The van der Waals surface area contributed by atoms with Crippen LogP contribution in [0.3, 0.4) is 0 Å². The van der Waals surface area contributed by atoms with Crippen molar-refractivity contribution in [3.63, 3.8) is 0 Å². The number of aryl methyl sites for hydroxylation is 3. The van der Waals surface area contributed by atoms with Crippen molar-refractivity contribution in [3.05, 3.63) is 47.5 Å². The topological polar surface area (TPSA) is 43.1 Å². The van der Waals surface area contributed by atoms with E-state index in [4.69, 9.17) is 0 Å². The van der Waals surface area contributed by atoms with Crippen molar-refractivity contribution in [3.8, 4) is 11.1 Å². The van der Waals surface area contributed by atoms with Gasteiger partial charge in [0.1, 0.15) is 6.33 Å². The molecule has 0 bridgehead atoms. The second kappa shape index (κ2) is 7.30. The first-order valence-corrected chi connectivity index (χ1v) is 5.74. The second-order valence-electron chi connectivity index (χ2n) is 4.46. The van der Waals surface area contributed by atoms with Crippen molar-refractivity contribution in [1.82, 2.24) is 19.6 Å². The normalized spacial score (nSPS) is 9.95. The number of fused-ring (bicyclic) bond motifs is 1. The third-order valence-electron chi connectivity index (χ3n) is 2.94. The molecule has 0 amide bonds. The van der Waals surface area contributed by atoms with Crippen molar-refractivity contribution in [2.45, 2.75) is 20.8 Å². The number of hydrogen-bond donors (Lipinski definition) is 0. The van der Waals surface area contributed by atoms with Gasteiger partial charge < -0.3 is 9.50 Å². The largest absolute Gasteiger partial charge is 0.423 e. The van der Waals surface area contributed by atoms with Crippen LogP contribution in [0.25, 0.3) is 16.9 Å². The van der Waals surface area contributed by atoms with Crippen molar-refractivity contribution < 1.29 is 65.4 Å². The Morgan fingerprint density at radius 1 is 1.05 bits per heavy atom. The number of rotatable bonds is 1. The van der Waals surface area contributed by atoms with Gasteiger partial charge in [-0.15, -0.1) is 11.1 Å². The standard InChI is InChI=1S/C14H12N4.2Y/c1-9-4-10(2)13(11(3)5-9)12-6-15-14-16-8-17-18(14)7-12;;/h4-5,8H,1-3H3;;/q-2;;. The first-order valence-electron chi connectivity index (χ1n) is 5.74. The average Bonchev–Trinajstić information content (AvgIpc) is 2.74. The van der Waals surface area contributed by atoms with Crippen molar-refractivity contribution >= 4 is 5.78 Å². The Balaban J connectivity index is 0.000001000. The van der Waals surface area contributed by atoms with Gasteiger partial charge in [0.25, 0.3) is 0 Å². The van der Waals surface area contributed by atoms with Crippen LogP contribution in [0.15, 0.2) is 18.5 Å². The first kappa shape index (κ1) is 18.0. The molecular formula is C14H12N4Y2-2. The third kappa shape index (κ3) is 3.41. The number of benzene rings is 1. The van der Waals surface area contributed by atoms with Crippen LogP contribution >= 0.6 is 0 Å². The molecule has 0 N–H and O–H groups in total. The molecule has 4 nitrogen and oxygen atoms in total. The molecule has 0 unspecified atom stereocenters. The Labute approximate surface area is 168 Å². The van der Waals surface area contributed by atoms with Gasteiger partial charge in [0.15, 0.2) is 0 Å². The second-order valence-corrected chi connectivity index (χ2v) is 4.46. The maximum Gasteiger partial charge on any atom is 0.117 e. The molecule has 2 aromatic heterocycles. The molecule has 96 valence electrons. The van der Waals surface area contributed by atoms with Crippen LogP contribution in [0, 0.1) is 33.2 Å². The predicted octanol–water partition coefficient (Wildman–Crippen LogP) is 2.31. The number of hydrogen-bond acceptors (Lipinski definition) is 3. The van der Waals surface area contributed by atoms with E-state index in [0.29, 0.717) is 5.78 Å². The minimum absolute atomic E-state index is 0. The molecule has 0 atom stereocenters. The summed E-state index contributed by atoms with van der Waals surface area (Å²) in [5.74, 6) is 0.515. The van der Waals surface area contributed by atoms with Crippen LogP contribution in [0.2, 0.25) is 0 Å². The van der Waals surface area contributed by atoms with E-state index in [9.17, 15) is 0 Å². The van der Waals surface area contributed by atoms with E-state index >= 15 is 0 Å². The number of aromatic nitrogens is 4. The van der Waals surface area contributed by atoms with E-state index < -0.39 is 0 Å². The molecule has 0 spiro atoms. The van der Waals surface area contributed by atoms with Crippen LogP contribution in [-0.2, 0) is 65.4 Å². The van der Waals surface area contributed by atoms with Gasteiger partial charge in [-0.25, -0.2) is 5.56 Å². The third-order valence-corrected chi connectivity index (χ3v) is 2.94. The maximum atomic E-state index is 4.16. The first-order chi connectivity index (χ1) is 8.65. The Kier molecular flexibility index (Phi) is 6.58. The SMILES string of the molecule is Cc1cc(C)c(-c2[c-]nc3ncnn3[c-]2)c(C)c1.[Y].[Y]. The van der Waals surface area contributed by atoms with Gasteiger partial charge in [0.2, 0.25) is 0 Å². The summed E-state index contributed by atoms with van der Waals surface area (Å²) in [4.78, 5) is 8.15. The van der Waals surface area contributed by atoms with Gasteiger partial charge in [-0.2, -0.15) is 23.1 Å². The fourth-order valence-electron chi connectivity index (χ4n) is 2.31. The van der Waals surface area contributed by atoms with E-state index in [0.717, 1.165) is 11.1 Å². The van der Waals surface area contributed by atoms with E-state index in [1.807, 2.05) is 0 Å². The van der Waals surface area contributed by atoms with E-state index in [1.54, 1.807) is 4.52 Å². The van der Waals surface area contributed by atoms with Crippen molar-refractivity contribution in [1.29, 1.82) is 0 Å². The summed E-state index contributed by atoms with van der Waals surface area (Å²) in [5.41, 5.74) is 5.58. The van der Waals surface area contributed by atoms with Crippen molar-refractivity contribution in [2.75, 3.05) is 0 Å². The zero-order chi connectivity index (χ0) is 12.7. The summed E-state index contributed by atoms with van der Waals surface area (Å²) >= 11 is 0. The van der Waals surface area contributed by atoms with E-state index in [-0.39, 0.29) is 65.4 Å². The molecule has 3 aromatic rings. The van der Waals surface area contributed by atoms with Gasteiger partial charge in [-0.3, -0.25) is 4.98 Å². The smallest absolute Gasteiger partial charge is 0.117 e. The van der Waals surface area contributed by atoms with Crippen LogP contribution in [0.1, 0.15) is 16.7 Å². The molecule has 6 heteroatoms. The Hall–Kier alpha value is -0.0222. The molecule has 2 heterocycles. The Morgan fingerprint density at radius 2 is 1.70 bits per heavy atom. The Morgan fingerprint density at radius 3 is 2.35 bits per heavy atom. The number of nitrogens with zero attached hydrogens (tertiary/aromatic N) is 4. The van der Waals surface area contributed by atoms with Gasteiger partial charge in [-0.1, -0.05) is 31.5 Å². The zero-order valence-corrected chi connectivity index (χ0v) is 17.4. The fourth-order valence-corrected chi connectivity index (χ4v) is 2.31. The van der Waals surface area contributed by atoms with Gasteiger partial charge in [0, 0.05) is 65.4 Å². The molecule has 2 radical (unpaired) electrons.